The van der Waals surface area contributed by atoms with Gasteiger partial charge < -0.3 is 9.80 Å². The first-order valence-electron chi connectivity index (χ1n) is 27.0. The Morgan fingerprint density at radius 3 is 1.14 bits per heavy atom. The lowest BCUT2D eigenvalue weighted by Crippen LogP contribution is -2.56. The molecule has 352 valence electrons. The van der Waals surface area contributed by atoms with Crippen LogP contribution in [-0.4, -0.2) is 11.1 Å². The van der Waals surface area contributed by atoms with Crippen molar-refractivity contribution in [2.24, 2.45) is 11.8 Å². The third kappa shape index (κ3) is 5.55. The maximum atomic E-state index is 2.71. The minimum absolute atomic E-state index is 0.00852. The molecular formula is C69H66N2. The Bertz CT molecular complexity index is 3230. The highest BCUT2D eigenvalue weighted by Crippen LogP contribution is 2.66. The van der Waals surface area contributed by atoms with Gasteiger partial charge in [0.05, 0.1) is 16.5 Å². The number of hydrogen-bond donors (Lipinski definition) is 0. The fourth-order valence-electron chi connectivity index (χ4n) is 16.3. The van der Waals surface area contributed by atoms with Crippen LogP contribution in [0.1, 0.15) is 126 Å². The number of para-hydroxylation sites is 2. The van der Waals surface area contributed by atoms with Gasteiger partial charge in [0.15, 0.2) is 0 Å². The van der Waals surface area contributed by atoms with Crippen LogP contribution in [-0.2, 0) is 16.2 Å². The fraction of sp³-hybridized carbons (Fsp3) is 0.304. The first-order chi connectivity index (χ1) is 34.6. The predicted octanol–water partition coefficient (Wildman–Crippen LogP) is 18.1. The molecule has 2 heterocycles. The summed E-state index contributed by atoms with van der Waals surface area (Å²) in [5, 5.41) is 0. The minimum atomic E-state index is -0.462. The van der Waals surface area contributed by atoms with Crippen molar-refractivity contribution in [1.82, 2.24) is 0 Å². The summed E-state index contributed by atoms with van der Waals surface area (Å²) in [5.74, 6) is 1.46. The largest absolute Gasteiger partial charge is 0.334 e. The number of fused-ring (bicyclic) bond motifs is 16. The SMILES string of the molecule is CCC1CCC2(C)N(c3ccccc3)c3ccc(-c4ccc5c(c4)C4(c6ccccc6-c6ccccc64)c4cc(-c6ccc7c(c6)C6(C)CC(CC)CCC6(C)N7c6ccccc6)ccc4-5)cc3C2(C)C1. The molecule has 2 saturated carbocycles. The van der Waals surface area contributed by atoms with E-state index in [1.54, 1.807) is 0 Å². The molecule has 6 unspecified atom stereocenters. The molecule has 2 aliphatic heterocycles. The van der Waals surface area contributed by atoms with Gasteiger partial charge in [0.2, 0.25) is 0 Å². The van der Waals surface area contributed by atoms with Crippen LogP contribution < -0.4 is 9.80 Å². The highest BCUT2D eigenvalue weighted by Gasteiger charge is 2.61. The second kappa shape index (κ2) is 15.2. The van der Waals surface area contributed by atoms with Crippen molar-refractivity contribution < 1.29 is 0 Å². The smallest absolute Gasteiger partial charge is 0.0725 e. The topological polar surface area (TPSA) is 6.48 Å². The predicted molar refractivity (Wildman–Crippen MR) is 298 cm³/mol. The summed E-state index contributed by atoms with van der Waals surface area (Å²) in [6.07, 6.45) is 9.85. The number of nitrogens with zero attached hydrogens (tertiary/aromatic N) is 2. The summed E-state index contributed by atoms with van der Waals surface area (Å²) in [4.78, 5) is 5.43. The molecule has 2 fully saturated rings. The second-order valence-electron chi connectivity index (χ2n) is 23.4. The summed E-state index contributed by atoms with van der Waals surface area (Å²) < 4.78 is 0. The zero-order valence-electron chi connectivity index (χ0n) is 42.5. The van der Waals surface area contributed by atoms with E-state index in [9.17, 15) is 0 Å². The molecule has 2 nitrogen and oxygen atoms in total. The number of rotatable bonds is 6. The first kappa shape index (κ1) is 43.2. The van der Waals surface area contributed by atoms with E-state index in [0.717, 1.165) is 11.8 Å². The molecule has 8 aromatic carbocycles. The molecule has 71 heavy (non-hydrogen) atoms. The quantitative estimate of drug-likeness (QED) is 0.164. The van der Waals surface area contributed by atoms with E-state index in [4.69, 9.17) is 0 Å². The standard InChI is InChI=1S/C69H66N2/c1-7-45-35-37-67(5)65(3,43-45)61-41-49(29-33-63(61)70(67)51-19-11-9-12-20-51)47-27-31-55-56-32-28-48(40-60(56)69(59(55)39-47)57-25-17-15-23-53(57)54-24-16-18-26-58(54)69)50-30-34-64-62(42-50)66(4)44-46(8-2)36-38-68(66,6)71(64)52-21-13-10-14-22-52/h9-34,39-42,45-46H,7-8,35-38,43-44H2,1-6H3. The number of benzene rings is 8. The van der Waals surface area contributed by atoms with Crippen LogP contribution in [0.2, 0.25) is 0 Å². The Kier molecular flexibility index (Phi) is 9.24. The molecule has 8 aromatic rings. The minimum Gasteiger partial charge on any atom is -0.334 e. The van der Waals surface area contributed by atoms with Crippen molar-refractivity contribution in [2.45, 2.75) is 120 Å². The molecule has 1 spiro atoms. The monoisotopic (exact) mass is 923 g/mol. The van der Waals surface area contributed by atoms with E-state index in [1.165, 1.54) is 152 Å². The van der Waals surface area contributed by atoms with Crippen molar-refractivity contribution in [3.8, 4) is 44.5 Å². The van der Waals surface area contributed by atoms with Crippen LogP contribution in [0.4, 0.5) is 22.7 Å². The van der Waals surface area contributed by atoms with Gasteiger partial charge in [-0.2, -0.15) is 0 Å². The highest BCUT2D eigenvalue weighted by molar-refractivity contribution is 5.97. The van der Waals surface area contributed by atoms with Crippen LogP contribution >= 0.6 is 0 Å². The first-order valence-corrected chi connectivity index (χ1v) is 27.0. The van der Waals surface area contributed by atoms with Gasteiger partial charge in [-0.1, -0.05) is 162 Å². The van der Waals surface area contributed by atoms with Gasteiger partial charge in [-0.15, -0.1) is 0 Å². The third-order valence-electron chi connectivity index (χ3n) is 20.4. The summed E-state index contributed by atoms with van der Waals surface area (Å²) in [6.45, 7) is 15.1. The zero-order valence-corrected chi connectivity index (χ0v) is 42.5. The number of anilines is 4. The van der Waals surface area contributed by atoms with E-state index in [2.05, 4.69) is 233 Å². The van der Waals surface area contributed by atoms with Crippen molar-refractivity contribution >= 4 is 22.7 Å². The van der Waals surface area contributed by atoms with Gasteiger partial charge in [-0.05, 0) is 203 Å². The van der Waals surface area contributed by atoms with Gasteiger partial charge in [-0.25, -0.2) is 0 Å². The Balaban J connectivity index is 0.941. The molecule has 0 aromatic heterocycles. The molecule has 6 aliphatic rings. The number of hydrogen-bond acceptors (Lipinski definition) is 2. The molecule has 2 heteroatoms. The van der Waals surface area contributed by atoms with Gasteiger partial charge in [0.25, 0.3) is 0 Å². The highest BCUT2D eigenvalue weighted by atomic mass is 15.3. The van der Waals surface area contributed by atoms with Crippen molar-refractivity contribution in [3.05, 3.63) is 215 Å². The van der Waals surface area contributed by atoms with Gasteiger partial charge >= 0.3 is 0 Å². The third-order valence-corrected chi connectivity index (χ3v) is 20.4. The molecule has 14 rings (SSSR count). The van der Waals surface area contributed by atoms with Crippen LogP contribution in [0.25, 0.3) is 44.5 Å². The maximum Gasteiger partial charge on any atom is 0.0725 e. The lowest BCUT2D eigenvalue weighted by molar-refractivity contribution is 0.143. The molecule has 0 bridgehead atoms. The van der Waals surface area contributed by atoms with Crippen LogP contribution in [0.3, 0.4) is 0 Å². The lowest BCUT2D eigenvalue weighted by Gasteiger charge is -2.52. The molecule has 0 amide bonds. The molecule has 0 N–H and O–H groups in total. The van der Waals surface area contributed by atoms with E-state index in [0.29, 0.717) is 0 Å². The molecule has 0 saturated heterocycles. The summed E-state index contributed by atoms with van der Waals surface area (Å²) in [7, 11) is 0. The normalized spacial score (nSPS) is 26.8. The molecule has 4 aliphatic carbocycles. The molecule has 6 atom stereocenters. The average Bonchev–Trinajstić information content (AvgIpc) is 4.02. The zero-order chi connectivity index (χ0) is 48.1. The van der Waals surface area contributed by atoms with E-state index >= 15 is 0 Å². The van der Waals surface area contributed by atoms with Gasteiger partial charge in [-0.3, -0.25) is 0 Å². The maximum absolute atomic E-state index is 2.71. The van der Waals surface area contributed by atoms with Crippen LogP contribution in [0.15, 0.2) is 182 Å². The van der Waals surface area contributed by atoms with Crippen molar-refractivity contribution in [3.63, 3.8) is 0 Å². The summed E-state index contributed by atoms with van der Waals surface area (Å²) >= 11 is 0. The van der Waals surface area contributed by atoms with Gasteiger partial charge in [0, 0.05) is 33.6 Å². The van der Waals surface area contributed by atoms with E-state index < -0.39 is 5.41 Å². The molecular weight excluding hydrogens is 857 g/mol. The van der Waals surface area contributed by atoms with Crippen molar-refractivity contribution in [2.75, 3.05) is 9.80 Å². The van der Waals surface area contributed by atoms with Gasteiger partial charge in [0.1, 0.15) is 0 Å². The Morgan fingerprint density at radius 2 is 0.732 bits per heavy atom. The summed E-state index contributed by atoms with van der Waals surface area (Å²) in [6, 6.07) is 71.0. The fourth-order valence-corrected chi connectivity index (χ4v) is 16.3. The molecule has 0 radical (unpaired) electrons. The Hall–Kier alpha value is -6.64. The Morgan fingerprint density at radius 1 is 0.380 bits per heavy atom. The van der Waals surface area contributed by atoms with Crippen molar-refractivity contribution in [1.29, 1.82) is 0 Å². The second-order valence-corrected chi connectivity index (χ2v) is 23.4. The van der Waals surface area contributed by atoms with Crippen LogP contribution in [0, 0.1) is 11.8 Å². The van der Waals surface area contributed by atoms with Crippen LogP contribution in [0.5, 0.6) is 0 Å². The average molecular weight is 923 g/mol. The lowest BCUT2D eigenvalue weighted by atomic mass is 9.58. The van der Waals surface area contributed by atoms with E-state index in [-0.39, 0.29) is 21.9 Å². The summed E-state index contributed by atoms with van der Waals surface area (Å²) in [5.41, 5.74) is 24.1. The Labute approximate surface area is 422 Å². The van der Waals surface area contributed by atoms with E-state index in [1.807, 2.05) is 0 Å².